The van der Waals surface area contributed by atoms with Gasteiger partial charge >= 0.3 is 6.18 Å². The van der Waals surface area contributed by atoms with Crippen LogP contribution < -0.4 is 5.73 Å². The first-order chi connectivity index (χ1) is 9.32. The fourth-order valence-electron chi connectivity index (χ4n) is 2.02. The fourth-order valence-corrected chi connectivity index (χ4v) is 2.02. The minimum atomic E-state index is -4.47. The van der Waals surface area contributed by atoms with Crippen molar-refractivity contribution in [3.8, 4) is 0 Å². The second-order valence-corrected chi connectivity index (χ2v) is 4.73. The number of halogens is 3. The summed E-state index contributed by atoms with van der Waals surface area (Å²) in [6, 6.07) is 4.63. The molecule has 1 aromatic carbocycles. The van der Waals surface area contributed by atoms with Gasteiger partial charge in [-0.3, -0.25) is 0 Å². The van der Waals surface area contributed by atoms with E-state index in [2.05, 4.69) is 4.98 Å². The maximum atomic E-state index is 13.1. The standard InChI is InChI=1S/C13H17F3N4/c1-3-19(2)6-7-20-11-5-4-9(17)8-10(11)18-12(20)13(14,15)16/h4-5,8H,3,6-7,17H2,1-2H3. The summed E-state index contributed by atoms with van der Waals surface area (Å²) < 4.78 is 40.4. The van der Waals surface area contributed by atoms with Gasteiger partial charge in [-0.2, -0.15) is 13.2 Å². The third-order valence-corrected chi connectivity index (χ3v) is 3.27. The highest BCUT2D eigenvalue weighted by Gasteiger charge is 2.37. The molecule has 0 fully saturated rings. The SMILES string of the molecule is CCN(C)CCn1c(C(F)(F)F)nc2cc(N)ccc21. The van der Waals surface area contributed by atoms with Gasteiger partial charge in [0.2, 0.25) is 5.82 Å². The molecule has 1 heterocycles. The number of hydrogen-bond donors (Lipinski definition) is 1. The Hall–Kier alpha value is -1.76. The van der Waals surface area contributed by atoms with E-state index < -0.39 is 12.0 Å². The van der Waals surface area contributed by atoms with Gasteiger partial charge in [0, 0.05) is 18.8 Å². The zero-order valence-corrected chi connectivity index (χ0v) is 11.4. The molecule has 0 radical (unpaired) electrons. The number of rotatable bonds is 4. The molecular formula is C13H17F3N4. The molecule has 0 aliphatic carbocycles. The quantitative estimate of drug-likeness (QED) is 0.879. The van der Waals surface area contributed by atoms with Crippen LogP contribution in [0.25, 0.3) is 11.0 Å². The van der Waals surface area contributed by atoms with E-state index in [1.165, 1.54) is 10.6 Å². The maximum Gasteiger partial charge on any atom is 0.449 e. The Labute approximate surface area is 115 Å². The van der Waals surface area contributed by atoms with Gasteiger partial charge in [0.05, 0.1) is 11.0 Å². The molecule has 0 saturated carbocycles. The van der Waals surface area contributed by atoms with Crippen molar-refractivity contribution in [3.05, 3.63) is 24.0 Å². The van der Waals surface area contributed by atoms with E-state index in [9.17, 15) is 13.2 Å². The molecule has 0 saturated heterocycles. The highest BCUT2D eigenvalue weighted by Crippen LogP contribution is 2.32. The number of imidazole rings is 1. The number of benzene rings is 1. The van der Waals surface area contributed by atoms with Crippen molar-refractivity contribution in [3.63, 3.8) is 0 Å². The normalized spacial score (nSPS) is 12.5. The Kier molecular flexibility index (Phi) is 3.89. The van der Waals surface area contributed by atoms with Crippen molar-refractivity contribution in [2.45, 2.75) is 19.6 Å². The van der Waals surface area contributed by atoms with Crippen LogP contribution in [0.1, 0.15) is 12.7 Å². The van der Waals surface area contributed by atoms with Crippen LogP contribution in [0.2, 0.25) is 0 Å². The van der Waals surface area contributed by atoms with Crippen LogP contribution in [-0.2, 0) is 12.7 Å². The van der Waals surface area contributed by atoms with E-state index >= 15 is 0 Å². The van der Waals surface area contributed by atoms with Crippen molar-refractivity contribution < 1.29 is 13.2 Å². The number of likely N-dealkylation sites (N-methyl/N-ethyl adjacent to an activating group) is 1. The monoisotopic (exact) mass is 286 g/mol. The molecule has 4 nitrogen and oxygen atoms in total. The second kappa shape index (κ2) is 5.32. The van der Waals surface area contributed by atoms with Crippen molar-refractivity contribution in [1.82, 2.24) is 14.5 Å². The highest BCUT2D eigenvalue weighted by molar-refractivity contribution is 5.79. The van der Waals surface area contributed by atoms with E-state index in [0.29, 0.717) is 17.7 Å². The minimum Gasteiger partial charge on any atom is -0.399 e. The van der Waals surface area contributed by atoms with Crippen LogP contribution in [0.5, 0.6) is 0 Å². The smallest absolute Gasteiger partial charge is 0.399 e. The van der Waals surface area contributed by atoms with Crippen LogP contribution >= 0.6 is 0 Å². The number of aromatic nitrogens is 2. The summed E-state index contributed by atoms with van der Waals surface area (Å²) in [5.41, 5.74) is 6.73. The highest BCUT2D eigenvalue weighted by atomic mass is 19.4. The van der Waals surface area contributed by atoms with Crippen molar-refractivity contribution in [1.29, 1.82) is 0 Å². The van der Waals surface area contributed by atoms with Crippen LogP contribution in [-0.4, -0.2) is 34.6 Å². The molecule has 2 rings (SSSR count). The zero-order chi connectivity index (χ0) is 14.9. The third kappa shape index (κ3) is 2.87. The zero-order valence-electron chi connectivity index (χ0n) is 11.4. The summed E-state index contributed by atoms with van der Waals surface area (Å²) in [6.07, 6.45) is -4.47. The van der Waals surface area contributed by atoms with Gasteiger partial charge in [0.25, 0.3) is 0 Å². The molecule has 0 amide bonds. The molecule has 0 unspecified atom stereocenters. The van der Waals surface area contributed by atoms with Crippen LogP contribution in [0.15, 0.2) is 18.2 Å². The number of nitrogens with two attached hydrogens (primary N) is 1. The van der Waals surface area contributed by atoms with E-state index in [0.717, 1.165) is 6.54 Å². The number of anilines is 1. The molecule has 0 aliphatic heterocycles. The van der Waals surface area contributed by atoms with Crippen molar-refractivity contribution >= 4 is 16.7 Å². The average Bonchev–Trinajstić information content (AvgIpc) is 2.73. The first-order valence-corrected chi connectivity index (χ1v) is 6.34. The molecule has 0 aliphatic rings. The van der Waals surface area contributed by atoms with Gasteiger partial charge in [-0.05, 0) is 31.8 Å². The topological polar surface area (TPSA) is 47.1 Å². The first-order valence-electron chi connectivity index (χ1n) is 6.34. The lowest BCUT2D eigenvalue weighted by Gasteiger charge is -2.16. The van der Waals surface area contributed by atoms with Gasteiger partial charge < -0.3 is 15.2 Å². The number of alkyl halides is 3. The molecule has 2 N–H and O–H groups in total. The lowest BCUT2D eigenvalue weighted by Crippen LogP contribution is -2.25. The van der Waals surface area contributed by atoms with Crippen LogP contribution in [0, 0.1) is 0 Å². The summed E-state index contributed by atoms with van der Waals surface area (Å²) in [5, 5.41) is 0. The Balaban J connectivity index is 2.47. The lowest BCUT2D eigenvalue weighted by molar-refractivity contribution is -0.147. The van der Waals surface area contributed by atoms with Crippen LogP contribution in [0.4, 0.5) is 18.9 Å². The molecule has 2 aromatic rings. The number of hydrogen-bond acceptors (Lipinski definition) is 3. The molecule has 0 bridgehead atoms. The number of nitrogens with zero attached hydrogens (tertiary/aromatic N) is 3. The largest absolute Gasteiger partial charge is 0.449 e. The number of nitrogen functional groups attached to an aromatic ring is 1. The van der Waals surface area contributed by atoms with Crippen molar-refractivity contribution in [2.24, 2.45) is 0 Å². The summed E-state index contributed by atoms with van der Waals surface area (Å²) in [7, 11) is 1.87. The molecule has 1 aromatic heterocycles. The van der Waals surface area contributed by atoms with Crippen LogP contribution in [0.3, 0.4) is 0 Å². The summed E-state index contributed by atoms with van der Waals surface area (Å²) >= 11 is 0. The minimum absolute atomic E-state index is 0.236. The second-order valence-electron chi connectivity index (χ2n) is 4.73. The van der Waals surface area contributed by atoms with E-state index in [1.54, 1.807) is 12.1 Å². The molecule has 7 heteroatoms. The number of fused-ring (bicyclic) bond motifs is 1. The van der Waals surface area contributed by atoms with Gasteiger partial charge in [-0.1, -0.05) is 6.92 Å². The molecule has 20 heavy (non-hydrogen) atoms. The van der Waals surface area contributed by atoms with Gasteiger partial charge in [0.1, 0.15) is 0 Å². The fraction of sp³-hybridized carbons (Fsp3) is 0.462. The third-order valence-electron chi connectivity index (χ3n) is 3.27. The van der Waals surface area contributed by atoms with Gasteiger partial charge in [-0.25, -0.2) is 4.98 Å². The molecule has 0 atom stereocenters. The Morgan fingerprint density at radius 1 is 1.35 bits per heavy atom. The Bertz CT molecular complexity index is 603. The summed E-state index contributed by atoms with van der Waals surface area (Å²) in [5.74, 6) is -0.873. The molecular weight excluding hydrogens is 269 g/mol. The van der Waals surface area contributed by atoms with E-state index in [-0.39, 0.29) is 12.1 Å². The predicted octanol–water partition coefficient (Wildman–Crippen LogP) is 2.59. The van der Waals surface area contributed by atoms with E-state index in [4.69, 9.17) is 5.73 Å². The van der Waals surface area contributed by atoms with E-state index in [1.807, 2.05) is 18.9 Å². The Morgan fingerprint density at radius 3 is 2.65 bits per heavy atom. The molecule has 0 spiro atoms. The van der Waals surface area contributed by atoms with Gasteiger partial charge in [-0.15, -0.1) is 0 Å². The molecule has 110 valence electrons. The maximum absolute atomic E-state index is 13.1. The first kappa shape index (κ1) is 14.6. The lowest BCUT2D eigenvalue weighted by atomic mass is 10.3. The summed E-state index contributed by atoms with van der Waals surface area (Å²) in [6.45, 7) is 3.49. The average molecular weight is 286 g/mol. The van der Waals surface area contributed by atoms with Gasteiger partial charge in [0.15, 0.2) is 0 Å². The Morgan fingerprint density at radius 2 is 2.05 bits per heavy atom. The predicted molar refractivity (Wildman–Crippen MR) is 72.3 cm³/mol. The summed E-state index contributed by atoms with van der Waals surface area (Å²) in [4.78, 5) is 5.64. The van der Waals surface area contributed by atoms with Crippen molar-refractivity contribution in [2.75, 3.05) is 25.9 Å².